The minimum Gasteiger partial charge on any atom is -0.368 e. The van der Waals surface area contributed by atoms with Gasteiger partial charge in [-0.25, -0.2) is 0 Å². The largest absolute Gasteiger partial charge is 0.368 e. The van der Waals surface area contributed by atoms with Crippen molar-refractivity contribution in [3.63, 3.8) is 0 Å². The molecule has 1 atom stereocenters. The lowest BCUT2D eigenvalue weighted by atomic mass is 10.1. The second kappa shape index (κ2) is 10.2. The predicted molar refractivity (Wildman–Crippen MR) is 102 cm³/mol. The summed E-state index contributed by atoms with van der Waals surface area (Å²) in [4.78, 5) is 16.3. The quantitative estimate of drug-likeness (QED) is 0.869. The highest BCUT2D eigenvalue weighted by Gasteiger charge is 2.22. The number of piperazine rings is 1. The lowest BCUT2D eigenvalue weighted by Crippen LogP contribution is -2.49. The van der Waals surface area contributed by atoms with Gasteiger partial charge < -0.3 is 15.5 Å². The number of amides is 1. The second-order valence-corrected chi connectivity index (χ2v) is 6.25. The fourth-order valence-electron chi connectivity index (χ4n) is 2.63. The Balaban J connectivity index is 0.00000242. The van der Waals surface area contributed by atoms with E-state index in [2.05, 4.69) is 11.8 Å². The highest BCUT2D eigenvalue weighted by molar-refractivity contribution is 6.30. The van der Waals surface area contributed by atoms with Gasteiger partial charge in [-0.15, -0.1) is 24.8 Å². The molecular formula is C16H26Cl3N3O. The van der Waals surface area contributed by atoms with E-state index >= 15 is 0 Å². The number of nitrogens with zero attached hydrogens (tertiary/aromatic N) is 2. The molecule has 1 aliphatic rings. The highest BCUT2D eigenvalue weighted by Crippen LogP contribution is 2.25. The number of rotatable bonds is 4. The molecule has 2 N–H and O–H groups in total. The van der Waals surface area contributed by atoms with E-state index in [9.17, 15) is 4.79 Å². The van der Waals surface area contributed by atoms with E-state index in [1.54, 1.807) is 0 Å². The molecular weight excluding hydrogens is 357 g/mol. The highest BCUT2D eigenvalue weighted by atomic mass is 35.5. The van der Waals surface area contributed by atoms with Crippen LogP contribution in [-0.2, 0) is 4.79 Å². The summed E-state index contributed by atoms with van der Waals surface area (Å²) in [5, 5.41) is 0.756. The number of benzene rings is 1. The van der Waals surface area contributed by atoms with Crippen LogP contribution in [0, 0.1) is 6.92 Å². The zero-order valence-corrected chi connectivity index (χ0v) is 16.0. The van der Waals surface area contributed by atoms with Crippen LogP contribution in [0.5, 0.6) is 0 Å². The van der Waals surface area contributed by atoms with E-state index in [1.165, 1.54) is 11.3 Å². The summed E-state index contributed by atoms with van der Waals surface area (Å²) in [5.41, 5.74) is 8.10. The number of anilines is 1. The molecule has 1 aliphatic heterocycles. The fourth-order valence-corrected chi connectivity index (χ4v) is 2.80. The molecule has 0 saturated carbocycles. The lowest BCUT2D eigenvalue weighted by molar-refractivity contribution is -0.131. The summed E-state index contributed by atoms with van der Waals surface area (Å²) in [6.07, 6.45) is 1.31. The normalized spacial score (nSPS) is 15.5. The van der Waals surface area contributed by atoms with Crippen LogP contribution >= 0.6 is 36.4 Å². The van der Waals surface area contributed by atoms with Crippen LogP contribution in [0.2, 0.25) is 5.02 Å². The van der Waals surface area contributed by atoms with Gasteiger partial charge in [-0.3, -0.25) is 4.79 Å². The Kier molecular flexibility index (Phi) is 9.94. The summed E-state index contributed by atoms with van der Waals surface area (Å²) < 4.78 is 0. The fraction of sp³-hybridized carbons (Fsp3) is 0.562. The SMILES string of the molecule is Cc1ccc(Cl)cc1N1CCN(C(=O)CCC(C)N)CC1.Cl.Cl. The summed E-state index contributed by atoms with van der Waals surface area (Å²) in [6.45, 7) is 7.27. The summed E-state index contributed by atoms with van der Waals surface area (Å²) in [6, 6.07) is 6.04. The Bertz CT molecular complexity index is 503. The standard InChI is InChI=1S/C16H24ClN3O.2ClH/c1-12-3-5-14(17)11-15(12)19-7-9-20(10-8-19)16(21)6-4-13(2)18;;/h3,5,11,13H,4,6-10,18H2,1-2H3;2*1H. The third-order valence-corrected chi connectivity index (χ3v) is 4.19. The van der Waals surface area contributed by atoms with Gasteiger partial charge in [-0.2, -0.15) is 0 Å². The van der Waals surface area contributed by atoms with Gasteiger partial charge in [0.15, 0.2) is 0 Å². The molecule has 2 rings (SSSR count). The van der Waals surface area contributed by atoms with Crippen LogP contribution in [0.25, 0.3) is 0 Å². The summed E-state index contributed by atoms with van der Waals surface area (Å²) >= 11 is 6.08. The zero-order chi connectivity index (χ0) is 15.4. The van der Waals surface area contributed by atoms with Crippen molar-refractivity contribution in [2.75, 3.05) is 31.1 Å². The van der Waals surface area contributed by atoms with Gasteiger partial charge in [-0.05, 0) is 38.0 Å². The molecule has 1 heterocycles. The Morgan fingerprint density at radius 1 is 1.26 bits per heavy atom. The van der Waals surface area contributed by atoms with E-state index in [0.717, 1.165) is 37.6 Å². The van der Waals surface area contributed by atoms with Gasteiger partial charge in [0.1, 0.15) is 0 Å². The van der Waals surface area contributed by atoms with E-state index < -0.39 is 0 Å². The maximum absolute atomic E-state index is 12.1. The number of nitrogens with two attached hydrogens (primary N) is 1. The second-order valence-electron chi connectivity index (χ2n) is 5.81. The van der Waals surface area contributed by atoms with E-state index in [-0.39, 0.29) is 36.8 Å². The molecule has 1 saturated heterocycles. The van der Waals surface area contributed by atoms with Gasteiger partial charge in [0.05, 0.1) is 0 Å². The molecule has 0 aromatic heterocycles. The molecule has 7 heteroatoms. The van der Waals surface area contributed by atoms with Crippen LogP contribution in [-0.4, -0.2) is 43.0 Å². The number of hydrogen-bond donors (Lipinski definition) is 1. The lowest BCUT2D eigenvalue weighted by Gasteiger charge is -2.37. The molecule has 0 bridgehead atoms. The molecule has 1 aromatic rings. The van der Waals surface area contributed by atoms with Gasteiger partial charge in [0, 0.05) is 49.4 Å². The van der Waals surface area contributed by atoms with Crippen molar-refractivity contribution >= 4 is 48.0 Å². The van der Waals surface area contributed by atoms with Crippen molar-refractivity contribution in [1.29, 1.82) is 0 Å². The maximum Gasteiger partial charge on any atom is 0.222 e. The molecule has 1 amide bonds. The van der Waals surface area contributed by atoms with Crippen molar-refractivity contribution in [3.05, 3.63) is 28.8 Å². The molecule has 4 nitrogen and oxygen atoms in total. The predicted octanol–water partition coefficient (Wildman–Crippen LogP) is 3.27. The molecule has 0 aliphatic carbocycles. The third-order valence-electron chi connectivity index (χ3n) is 3.96. The number of carbonyl (C=O) groups excluding carboxylic acids is 1. The third kappa shape index (κ3) is 6.38. The molecule has 132 valence electrons. The Hall–Kier alpha value is -0.680. The average Bonchev–Trinajstić information content (AvgIpc) is 2.47. The minimum absolute atomic E-state index is 0. The van der Waals surface area contributed by atoms with Crippen molar-refractivity contribution in [3.8, 4) is 0 Å². The number of halogens is 3. The Morgan fingerprint density at radius 3 is 2.43 bits per heavy atom. The molecule has 1 unspecified atom stereocenters. The van der Waals surface area contributed by atoms with Crippen molar-refractivity contribution in [2.24, 2.45) is 5.73 Å². The zero-order valence-electron chi connectivity index (χ0n) is 13.6. The van der Waals surface area contributed by atoms with Gasteiger partial charge in [0.2, 0.25) is 5.91 Å². The summed E-state index contributed by atoms with van der Waals surface area (Å²) in [5.74, 6) is 0.217. The van der Waals surface area contributed by atoms with Gasteiger partial charge in [-0.1, -0.05) is 17.7 Å². The van der Waals surface area contributed by atoms with Crippen molar-refractivity contribution in [1.82, 2.24) is 4.90 Å². The average molecular weight is 383 g/mol. The molecule has 1 aromatic carbocycles. The minimum atomic E-state index is 0. The molecule has 0 spiro atoms. The summed E-state index contributed by atoms with van der Waals surface area (Å²) in [7, 11) is 0. The molecule has 0 radical (unpaired) electrons. The first-order valence-corrected chi connectivity index (χ1v) is 7.89. The smallest absolute Gasteiger partial charge is 0.222 e. The van der Waals surface area contributed by atoms with Crippen molar-refractivity contribution < 1.29 is 4.79 Å². The Morgan fingerprint density at radius 2 is 1.87 bits per heavy atom. The number of aryl methyl sites for hydroxylation is 1. The number of hydrogen-bond acceptors (Lipinski definition) is 3. The van der Waals surface area contributed by atoms with E-state index in [1.807, 2.05) is 30.0 Å². The first-order valence-electron chi connectivity index (χ1n) is 7.52. The van der Waals surface area contributed by atoms with E-state index in [4.69, 9.17) is 17.3 Å². The maximum atomic E-state index is 12.1. The number of carbonyl (C=O) groups is 1. The first-order chi connectivity index (χ1) is 9.97. The van der Waals surface area contributed by atoms with Crippen LogP contribution in [0.4, 0.5) is 5.69 Å². The topological polar surface area (TPSA) is 49.6 Å². The van der Waals surface area contributed by atoms with E-state index in [0.29, 0.717) is 6.42 Å². The van der Waals surface area contributed by atoms with Gasteiger partial charge in [0.25, 0.3) is 0 Å². The Labute approximate surface area is 156 Å². The first kappa shape index (κ1) is 22.3. The van der Waals surface area contributed by atoms with Crippen LogP contribution in [0.15, 0.2) is 18.2 Å². The van der Waals surface area contributed by atoms with Crippen LogP contribution < -0.4 is 10.6 Å². The van der Waals surface area contributed by atoms with Crippen molar-refractivity contribution in [2.45, 2.75) is 32.7 Å². The molecule has 1 fully saturated rings. The molecule has 23 heavy (non-hydrogen) atoms. The van der Waals surface area contributed by atoms with Crippen LogP contribution in [0.3, 0.4) is 0 Å². The van der Waals surface area contributed by atoms with Crippen LogP contribution in [0.1, 0.15) is 25.3 Å². The monoisotopic (exact) mass is 381 g/mol. The van der Waals surface area contributed by atoms with Gasteiger partial charge >= 0.3 is 0 Å².